The summed E-state index contributed by atoms with van der Waals surface area (Å²) < 4.78 is 0. The van der Waals surface area contributed by atoms with Crippen LogP contribution < -0.4 is 0 Å². The van der Waals surface area contributed by atoms with Gasteiger partial charge in [0.1, 0.15) is 0 Å². The summed E-state index contributed by atoms with van der Waals surface area (Å²) in [5, 5.41) is -0.175. The summed E-state index contributed by atoms with van der Waals surface area (Å²) in [7, 11) is 0. The lowest BCUT2D eigenvalue weighted by molar-refractivity contribution is -0.114. The highest BCUT2D eigenvalue weighted by molar-refractivity contribution is 6.63. The van der Waals surface area contributed by atoms with Crippen molar-refractivity contribution in [2.24, 2.45) is 11.3 Å². The SMILES string of the molecule is O=C(Cl)CC1(C2C=CC=C2)CCCCC1. The van der Waals surface area contributed by atoms with Crippen LogP contribution in [-0.2, 0) is 4.79 Å². The molecule has 1 saturated carbocycles. The standard InChI is InChI=1S/C13H17ClO/c14-12(15)10-13(8-4-1-5-9-13)11-6-2-3-7-11/h2-3,6-7,11H,1,4-5,8-10H2. The highest BCUT2D eigenvalue weighted by Gasteiger charge is 2.39. The fourth-order valence-corrected chi connectivity index (χ4v) is 3.27. The normalized spacial score (nSPS) is 24.6. The maximum Gasteiger partial charge on any atom is 0.222 e. The Bertz CT molecular complexity index is 286. The zero-order valence-corrected chi connectivity index (χ0v) is 9.67. The zero-order valence-electron chi connectivity index (χ0n) is 8.92. The van der Waals surface area contributed by atoms with Crippen LogP contribution in [0.15, 0.2) is 24.3 Å². The number of carbonyl (C=O) groups excluding carboxylic acids is 1. The molecule has 0 aromatic heterocycles. The van der Waals surface area contributed by atoms with Crippen LogP contribution in [-0.4, -0.2) is 5.24 Å². The third kappa shape index (κ3) is 2.34. The van der Waals surface area contributed by atoms with Gasteiger partial charge >= 0.3 is 0 Å². The van der Waals surface area contributed by atoms with Crippen LogP contribution in [0.1, 0.15) is 38.5 Å². The van der Waals surface area contributed by atoms with Crippen LogP contribution in [0.2, 0.25) is 0 Å². The van der Waals surface area contributed by atoms with E-state index in [1.807, 2.05) is 0 Å². The first-order valence-corrected chi connectivity index (χ1v) is 6.14. The monoisotopic (exact) mass is 224 g/mol. The molecule has 0 aromatic rings. The van der Waals surface area contributed by atoms with E-state index in [-0.39, 0.29) is 10.7 Å². The molecule has 0 radical (unpaired) electrons. The molecule has 1 nitrogen and oxygen atoms in total. The van der Waals surface area contributed by atoms with Crippen molar-refractivity contribution in [3.63, 3.8) is 0 Å². The van der Waals surface area contributed by atoms with Crippen molar-refractivity contribution in [2.75, 3.05) is 0 Å². The topological polar surface area (TPSA) is 17.1 Å². The molecular weight excluding hydrogens is 208 g/mol. The average Bonchev–Trinajstić information content (AvgIpc) is 2.71. The summed E-state index contributed by atoms with van der Waals surface area (Å²) in [6.45, 7) is 0. The highest BCUT2D eigenvalue weighted by atomic mass is 35.5. The largest absolute Gasteiger partial charge is 0.281 e. The molecule has 0 aliphatic heterocycles. The number of hydrogen-bond acceptors (Lipinski definition) is 1. The van der Waals surface area contributed by atoms with E-state index in [2.05, 4.69) is 24.3 Å². The van der Waals surface area contributed by atoms with Crippen LogP contribution in [0, 0.1) is 11.3 Å². The minimum absolute atomic E-state index is 0.126. The first kappa shape index (κ1) is 10.9. The smallest absolute Gasteiger partial charge is 0.222 e. The summed E-state index contributed by atoms with van der Waals surface area (Å²) in [6, 6.07) is 0. The van der Waals surface area contributed by atoms with E-state index in [4.69, 9.17) is 11.6 Å². The van der Waals surface area contributed by atoms with Gasteiger partial charge in [0.25, 0.3) is 0 Å². The van der Waals surface area contributed by atoms with E-state index in [9.17, 15) is 4.79 Å². The molecule has 0 heterocycles. The van der Waals surface area contributed by atoms with Gasteiger partial charge in [0.05, 0.1) is 0 Å². The molecule has 0 unspecified atom stereocenters. The molecule has 0 bridgehead atoms. The summed E-state index contributed by atoms with van der Waals surface area (Å²) in [4.78, 5) is 11.2. The predicted octanol–water partition coefficient (Wildman–Crippen LogP) is 3.83. The van der Waals surface area contributed by atoms with Crippen LogP contribution in [0.4, 0.5) is 0 Å². The van der Waals surface area contributed by atoms with Gasteiger partial charge in [-0.3, -0.25) is 4.79 Å². The van der Waals surface area contributed by atoms with Crippen LogP contribution >= 0.6 is 11.6 Å². The Morgan fingerprint density at radius 3 is 2.33 bits per heavy atom. The summed E-state index contributed by atoms with van der Waals surface area (Å²) >= 11 is 5.59. The molecule has 0 saturated heterocycles. The molecule has 0 amide bonds. The summed E-state index contributed by atoms with van der Waals surface area (Å²) in [6.07, 6.45) is 15.2. The second kappa shape index (κ2) is 4.52. The van der Waals surface area contributed by atoms with Crippen molar-refractivity contribution in [3.8, 4) is 0 Å². The number of allylic oxidation sites excluding steroid dienone is 4. The molecule has 2 aliphatic rings. The van der Waals surface area contributed by atoms with Crippen molar-refractivity contribution in [1.29, 1.82) is 0 Å². The molecule has 0 atom stereocenters. The van der Waals surface area contributed by atoms with Gasteiger partial charge in [-0.15, -0.1) is 0 Å². The van der Waals surface area contributed by atoms with Gasteiger partial charge in [-0.1, -0.05) is 43.6 Å². The van der Waals surface area contributed by atoms with Crippen molar-refractivity contribution in [2.45, 2.75) is 38.5 Å². The predicted molar refractivity (Wildman–Crippen MR) is 62.8 cm³/mol. The second-order valence-electron chi connectivity index (χ2n) is 4.75. The third-order valence-electron chi connectivity index (χ3n) is 3.80. The minimum Gasteiger partial charge on any atom is -0.281 e. The van der Waals surface area contributed by atoms with Gasteiger partial charge < -0.3 is 0 Å². The van der Waals surface area contributed by atoms with E-state index in [1.165, 1.54) is 19.3 Å². The molecular formula is C13H17ClO. The number of carbonyl (C=O) groups is 1. The van der Waals surface area contributed by atoms with Gasteiger partial charge in [-0.2, -0.15) is 0 Å². The lowest BCUT2D eigenvalue weighted by Crippen LogP contribution is -2.32. The molecule has 0 spiro atoms. The molecule has 2 heteroatoms. The summed E-state index contributed by atoms with van der Waals surface area (Å²) in [5.74, 6) is 0.431. The molecule has 82 valence electrons. The van der Waals surface area contributed by atoms with Crippen LogP contribution in [0.3, 0.4) is 0 Å². The average molecular weight is 225 g/mol. The Kier molecular flexibility index (Phi) is 3.30. The van der Waals surface area contributed by atoms with Gasteiger partial charge in [-0.05, 0) is 29.9 Å². The Morgan fingerprint density at radius 1 is 1.20 bits per heavy atom. The van der Waals surface area contributed by atoms with Gasteiger partial charge in [0.2, 0.25) is 5.24 Å². The third-order valence-corrected chi connectivity index (χ3v) is 3.93. The van der Waals surface area contributed by atoms with E-state index < -0.39 is 0 Å². The van der Waals surface area contributed by atoms with Gasteiger partial charge in [0.15, 0.2) is 0 Å². The highest BCUT2D eigenvalue weighted by Crippen LogP contribution is 2.48. The fourth-order valence-electron chi connectivity index (χ4n) is 3.00. The van der Waals surface area contributed by atoms with Crippen molar-refractivity contribution >= 4 is 16.8 Å². The van der Waals surface area contributed by atoms with Crippen molar-refractivity contribution < 1.29 is 4.79 Å². The fraction of sp³-hybridized carbons (Fsp3) is 0.615. The maximum atomic E-state index is 11.2. The first-order chi connectivity index (χ1) is 7.23. The molecule has 15 heavy (non-hydrogen) atoms. The molecule has 1 fully saturated rings. The molecule has 0 N–H and O–H groups in total. The number of hydrogen-bond donors (Lipinski definition) is 0. The van der Waals surface area contributed by atoms with E-state index in [0.29, 0.717) is 12.3 Å². The maximum absolute atomic E-state index is 11.2. The van der Waals surface area contributed by atoms with E-state index in [1.54, 1.807) is 0 Å². The Labute approximate surface area is 96.2 Å². The Morgan fingerprint density at radius 2 is 1.80 bits per heavy atom. The van der Waals surface area contributed by atoms with Gasteiger partial charge in [0, 0.05) is 12.3 Å². The first-order valence-electron chi connectivity index (χ1n) is 5.76. The van der Waals surface area contributed by atoms with Crippen molar-refractivity contribution in [1.82, 2.24) is 0 Å². The second-order valence-corrected chi connectivity index (χ2v) is 5.17. The van der Waals surface area contributed by atoms with E-state index >= 15 is 0 Å². The number of halogens is 1. The molecule has 0 aromatic carbocycles. The minimum atomic E-state index is -0.175. The van der Waals surface area contributed by atoms with Crippen LogP contribution in [0.5, 0.6) is 0 Å². The lowest BCUT2D eigenvalue weighted by atomic mass is 9.64. The lowest BCUT2D eigenvalue weighted by Gasteiger charge is -2.40. The summed E-state index contributed by atoms with van der Waals surface area (Å²) in [5.41, 5.74) is 0.126. The van der Waals surface area contributed by atoms with Gasteiger partial charge in [-0.25, -0.2) is 0 Å². The van der Waals surface area contributed by atoms with E-state index in [0.717, 1.165) is 12.8 Å². The van der Waals surface area contributed by atoms with Crippen molar-refractivity contribution in [3.05, 3.63) is 24.3 Å². The molecule has 2 aliphatic carbocycles. The number of rotatable bonds is 3. The van der Waals surface area contributed by atoms with Crippen LogP contribution in [0.25, 0.3) is 0 Å². The Hall–Kier alpha value is -0.560. The Balaban J connectivity index is 2.16. The molecule has 2 rings (SSSR count). The quantitative estimate of drug-likeness (QED) is 0.666. The zero-order chi connectivity index (χ0) is 10.7.